The van der Waals surface area contributed by atoms with Gasteiger partial charge in [0.2, 0.25) is 0 Å². The van der Waals surface area contributed by atoms with Gasteiger partial charge in [0.05, 0.1) is 9.37 Å². The van der Waals surface area contributed by atoms with E-state index in [2.05, 4.69) is 20.7 Å². The summed E-state index contributed by atoms with van der Waals surface area (Å²) >= 11 is 3.72. The Morgan fingerprint density at radius 1 is 1.33 bits per heavy atom. The predicted octanol–water partition coefficient (Wildman–Crippen LogP) is 4.21. The van der Waals surface area contributed by atoms with Crippen LogP contribution in [-0.2, 0) is 0 Å². The SMILES string of the molecule is CSc1c(OC(F)(F)F)ccc(Br)c1F. The van der Waals surface area contributed by atoms with E-state index in [0.29, 0.717) is 0 Å². The van der Waals surface area contributed by atoms with Gasteiger partial charge in [0, 0.05) is 0 Å². The number of halogens is 5. The molecule has 0 saturated carbocycles. The Bertz CT molecular complexity index is 366. The number of alkyl halides is 3. The number of hydrogen-bond donors (Lipinski definition) is 0. The molecule has 0 N–H and O–H groups in total. The molecule has 0 spiro atoms. The molecule has 84 valence electrons. The Morgan fingerprint density at radius 3 is 2.40 bits per heavy atom. The smallest absolute Gasteiger partial charge is 0.404 e. The molecule has 0 aromatic heterocycles. The van der Waals surface area contributed by atoms with Crippen molar-refractivity contribution in [2.45, 2.75) is 11.3 Å². The molecule has 0 radical (unpaired) electrons. The van der Waals surface area contributed by atoms with Gasteiger partial charge in [-0.1, -0.05) is 0 Å². The van der Waals surface area contributed by atoms with Gasteiger partial charge in [-0.25, -0.2) is 4.39 Å². The summed E-state index contributed by atoms with van der Waals surface area (Å²) in [7, 11) is 0. The van der Waals surface area contributed by atoms with Gasteiger partial charge in [-0.05, 0) is 34.3 Å². The number of thioether (sulfide) groups is 1. The van der Waals surface area contributed by atoms with Gasteiger partial charge in [0.1, 0.15) is 5.75 Å². The highest BCUT2D eigenvalue weighted by atomic mass is 79.9. The fourth-order valence-electron chi connectivity index (χ4n) is 0.910. The summed E-state index contributed by atoms with van der Waals surface area (Å²) in [6, 6.07) is 2.22. The van der Waals surface area contributed by atoms with Crippen molar-refractivity contribution in [3.8, 4) is 5.75 Å². The lowest BCUT2D eigenvalue weighted by Crippen LogP contribution is -2.17. The van der Waals surface area contributed by atoms with Crippen molar-refractivity contribution in [1.29, 1.82) is 0 Å². The van der Waals surface area contributed by atoms with E-state index in [1.807, 2.05) is 0 Å². The Balaban J connectivity index is 3.14. The molecular weight excluding hydrogens is 300 g/mol. The van der Waals surface area contributed by atoms with Crippen LogP contribution in [0.5, 0.6) is 5.75 Å². The largest absolute Gasteiger partial charge is 0.573 e. The van der Waals surface area contributed by atoms with E-state index in [1.54, 1.807) is 0 Å². The first kappa shape index (κ1) is 12.6. The van der Waals surface area contributed by atoms with Crippen LogP contribution in [0.3, 0.4) is 0 Å². The molecule has 0 aliphatic heterocycles. The summed E-state index contributed by atoms with van der Waals surface area (Å²) in [5, 5.41) is 0. The van der Waals surface area contributed by atoms with Gasteiger partial charge in [0.25, 0.3) is 0 Å². The summed E-state index contributed by atoms with van der Waals surface area (Å²) in [5.74, 6) is -1.29. The first-order chi connectivity index (χ1) is 6.85. The topological polar surface area (TPSA) is 9.23 Å². The number of benzene rings is 1. The molecule has 1 nitrogen and oxygen atoms in total. The second kappa shape index (κ2) is 4.61. The first-order valence-corrected chi connectivity index (χ1v) is 5.64. The summed E-state index contributed by atoms with van der Waals surface area (Å²) in [5.41, 5.74) is 0. The van der Waals surface area contributed by atoms with Crippen LogP contribution in [0.4, 0.5) is 17.6 Å². The fraction of sp³-hybridized carbons (Fsp3) is 0.250. The lowest BCUT2D eigenvalue weighted by atomic mass is 10.3. The average Bonchev–Trinajstić information content (AvgIpc) is 2.10. The Hall–Kier alpha value is -0.430. The molecule has 0 aliphatic carbocycles. The van der Waals surface area contributed by atoms with Crippen LogP contribution in [0, 0.1) is 5.82 Å². The molecule has 0 saturated heterocycles. The second-order valence-electron chi connectivity index (χ2n) is 2.44. The maximum absolute atomic E-state index is 13.3. The minimum Gasteiger partial charge on any atom is -0.404 e. The van der Waals surface area contributed by atoms with Crippen molar-refractivity contribution >= 4 is 27.7 Å². The molecule has 0 fully saturated rings. The van der Waals surface area contributed by atoms with Crippen molar-refractivity contribution in [3.63, 3.8) is 0 Å². The van der Waals surface area contributed by atoms with Crippen molar-refractivity contribution in [2.75, 3.05) is 6.26 Å². The van der Waals surface area contributed by atoms with Crippen molar-refractivity contribution in [2.24, 2.45) is 0 Å². The van der Waals surface area contributed by atoms with E-state index in [0.717, 1.165) is 23.9 Å². The van der Waals surface area contributed by atoms with Gasteiger partial charge in [-0.3, -0.25) is 0 Å². The summed E-state index contributed by atoms with van der Waals surface area (Å²) in [6.07, 6.45) is -3.35. The van der Waals surface area contributed by atoms with E-state index in [9.17, 15) is 17.6 Å². The zero-order valence-corrected chi connectivity index (χ0v) is 9.76. The second-order valence-corrected chi connectivity index (χ2v) is 4.11. The van der Waals surface area contributed by atoms with E-state index in [-0.39, 0.29) is 9.37 Å². The molecule has 0 aliphatic rings. The van der Waals surface area contributed by atoms with Crippen molar-refractivity contribution in [3.05, 3.63) is 22.4 Å². The number of rotatable bonds is 2. The van der Waals surface area contributed by atoms with Crippen LogP contribution in [0.15, 0.2) is 21.5 Å². The highest BCUT2D eigenvalue weighted by molar-refractivity contribution is 9.10. The molecule has 1 rings (SSSR count). The van der Waals surface area contributed by atoms with E-state index in [1.165, 1.54) is 6.26 Å². The summed E-state index contributed by atoms with van der Waals surface area (Å²) < 4.78 is 52.9. The Labute approximate surface area is 95.9 Å². The minimum atomic E-state index is -4.81. The zero-order chi connectivity index (χ0) is 11.6. The van der Waals surface area contributed by atoms with Crippen LogP contribution < -0.4 is 4.74 Å². The van der Waals surface area contributed by atoms with Gasteiger partial charge < -0.3 is 4.74 Å². The molecule has 0 atom stereocenters. The quantitative estimate of drug-likeness (QED) is 0.598. The minimum absolute atomic E-state index is 0.0985. The third-order valence-electron chi connectivity index (χ3n) is 1.44. The molecular formula is C8H5BrF4OS. The molecule has 7 heteroatoms. The van der Waals surface area contributed by atoms with Gasteiger partial charge in [-0.2, -0.15) is 0 Å². The Morgan fingerprint density at radius 2 is 1.93 bits per heavy atom. The number of hydrogen-bond acceptors (Lipinski definition) is 2. The van der Waals surface area contributed by atoms with E-state index in [4.69, 9.17) is 0 Å². The predicted molar refractivity (Wildman–Crippen MR) is 52.6 cm³/mol. The lowest BCUT2D eigenvalue weighted by molar-refractivity contribution is -0.275. The molecule has 15 heavy (non-hydrogen) atoms. The van der Waals surface area contributed by atoms with Gasteiger partial charge in [-0.15, -0.1) is 24.9 Å². The standard InChI is InChI=1S/C8H5BrF4OS/c1-15-7-5(14-8(11,12)13)3-2-4(9)6(7)10/h2-3H,1H3. The average molecular weight is 305 g/mol. The molecule has 0 bridgehead atoms. The lowest BCUT2D eigenvalue weighted by Gasteiger charge is -2.12. The molecule has 1 aromatic carbocycles. The summed E-state index contributed by atoms with van der Waals surface area (Å²) in [4.78, 5) is -0.179. The molecule has 1 aromatic rings. The highest BCUT2D eigenvalue weighted by Crippen LogP contribution is 2.37. The number of ether oxygens (including phenoxy) is 1. The third kappa shape index (κ3) is 3.27. The van der Waals surface area contributed by atoms with Crippen LogP contribution in [0.2, 0.25) is 0 Å². The van der Waals surface area contributed by atoms with Crippen LogP contribution in [0.1, 0.15) is 0 Å². The van der Waals surface area contributed by atoms with Crippen molar-refractivity contribution < 1.29 is 22.3 Å². The molecule has 0 unspecified atom stereocenters. The summed E-state index contributed by atoms with van der Waals surface area (Å²) in [6.45, 7) is 0. The normalized spacial score (nSPS) is 11.6. The van der Waals surface area contributed by atoms with Crippen molar-refractivity contribution in [1.82, 2.24) is 0 Å². The van der Waals surface area contributed by atoms with Crippen LogP contribution in [0.25, 0.3) is 0 Å². The van der Waals surface area contributed by atoms with Gasteiger partial charge >= 0.3 is 6.36 Å². The monoisotopic (exact) mass is 304 g/mol. The maximum atomic E-state index is 13.3. The van der Waals surface area contributed by atoms with Gasteiger partial charge in [0.15, 0.2) is 5.82 Å². The molecule has 0 amide bonds. The maximum Gasteiger partial charge on any atom is 0.573 e. The fourth-order valence-corrected chi connectivity index (χ4v) is 1.97. The van der Waals surface area contributed by atoms with Crippen LogP contribution in [-0.4, -0.2) is 12.6 Å². The third-order valence-corrected chi connectivity index (χ3v) is 2.84. The van der Waals surface area contributed by atoms with E-state index >= 15 is 0 Å². The zero-order valence-electron chi connectivity index (χ0n) is 7.36. The molecule has 0 heterocycles. The highest BCUT2D eigenvalue weighted by Gasteiger charge is 2.32. The Kier molecular flexibility index (Phi) is 3.88. The first-order valence-electron chi connectivity index (χ1n) is 3.63. The van der Waals surface area contributed by atoms with Crippen LogP contribution >= 0.6 is 27.7 Å². The van der Waals surface area contributed by atoms with E-state index < -0.39 is 17.9 Å².